The third-order valence-electron chi connectivity index (χ3n) is 4.00. The molecule has 0 N–H and O–H groups in total. The van der Waals surface area contributed by atoms with E-state index in [4.69, 9.17) is 0 Å². The fourth-order valence-electron chi connectivity index (χ4n) is 2.33. The van der Waals surface area contributed by atoms with E-state index in [2.05, 4.69) is 35.8 Å². The van der Waals surface area contributed by atoms with Gasteiger partial charge in [0.1, 0.15) is 0 Å². The van der Waals surface area contributed by atoms with Crippen LogP contribution in [0.5, 0.6) is 0 Å². The Kier molecular flexibility index (Phi) is 8.52. The molecule has 0 bridgehead atoms. The number of aryl methyl sites for hydroxylation is 2. The van der Waals surface area contributed by atoms with Gasteiger partial charge in [0.2, 0.25) is 0 Å². The average Bonchev–Trinajstić information content (AvgIpc) is 2.87. The summed E-state index contributed by atoms with van der Waals surface area (Å²) in [6, 6.07) is 0. The summed E-state index contributed by atoms with van der Waals surface area (Å²) >= 11 is 0. The molecule has 1 aromatic rings. The molecule has 0 radical (unpaired) electrons. The first-order valence-electron chi connectivity index (χ1n) is 8.15. The lowest BCUT2D eigenvalue weighted by Crippen LogP contribution is -2.05. The standard InChI is InChI=1S/C16H31N3/c1-4-6-12-16-14-17-18-19(16)13-10-8-7-9-11-15(3)5-2/h14-15H,4-13H2,1-3H3. The van der Waals surface area contributed by atoms with Crippen molar-refractivity contribution in [1.82, 2.24) is 15.0 Å². The van der Waals surface area contributed by atoms with Gasteiger partial charge in [-0.1, -0.05) is 64.5 Å². The van der Waals surface area contributed by atoms with Crippen molar-refractivity contribution in [3.8, 4) is 0 Å². The molecular formula is C16H31N3. The lowest BCUT2D eigenvalue weighted by Gasteiger charge is -2.08. The summed E-state index contributed by atoms with van der Waals surface area (Å²) < 4.78 is 2.10. The van der Waals surface area contributed by atoms with Gasteiger partial charge in [-0.15, -0.1) is 5.10 Å². The van der Waals surface area contributed by atoms with Crippen LogP contribution in [0.2, 0.25) is 0 Å². The number of nitrogens with zero attached hydrogens (tertiary/aromatic N) is 3. The fraction of sp³-hybridized carbons (Fsp3) is 0.875. The van der Waals surface area contributed by atoms with Crippen LogP contribution in [0.25, 0.3) is 0 Å². The minimum atomic E-state index is 0.899. The number of aromatic nitrogens is 3. The Morgan fingerprint density at radius 1 is 1.11 bits per heavy atom. The van der Waals surface area contributed by atoms with Gasteiger partial charge in [-0.2, -0.15) is 0 Å². The first kappa shape index (κ1) is 16.2. The molecule has 0 aromatic carbocycles. The van der Waals surface area contributed by atoms with E-state index in [9.17, 15) is 0 Å². The van der Waals surface area contributed by atoms with Crippen molar-refractivity contribution in [1.29, 1.82) is 0 Å². The highest BCUT2D eigenvalue weighted by molar-refractivity contribution is 4.93. The predicted octanol–water partition coefficient (Wildman–Crippen LogP) is 4.62. The van der Waals surface area contributed by atoms with Gasteiger partial charge in [0.15, 0.2) is 0 Å². The van der Waals surface area contributed by atoms with Crippen LogP contribution in [-0.2, 0) is 13.0 Å². The van der Waals surface area contributed by atoms with E-state index in [0.717, 1.165) is 18.9 Å². The van der Waals surface area contributed by atoms with Crippen LogP contribution in [0.1, 0.15) is 77.8 Å². The van der Waals surface area contributed by atoms with Gasteiger partial charge >= 0.3 is 0 Å². The molecule has 0 aliphatic heterocycles. The van der Waals surface area contributed by atoms with E-state index < -0.39 is 0 Å². The van der Waals surface area contributed by atoms with Crippen LogP contribution in [0.4, 0.5) is 0 Å². The second kappa shape index (κ2) is 9.99. The molecule has 3 nitrogen and oxygen atoms in total. The summed E-state index contributed by atoms with van der Waals surface area (Å²) in [6.45, 7) is 7.91. The Bertz CT molecular complexity index is 320. The third kappa shape index (κ3) is 6.74. The lowest BCUT2D eigenvalue weighted by atomic mass is 10.0. The van der Waals surface area contributed by atoms with Crippen LogP contribution in [0.15, 0.2) is 6.20 Å². The molecule has 0 spiro atoms. The van der Waals surface area contributed by atoms with E-state index in [-0.39, 0.29) is 0 Å². The monoisotopic (exact) mass is 265 g/mol. The minimum absolute atomic E-state index is 0.899. The van der Waals surface area contributed by atoms with Crippen LogP contribution in [0, 0.1) is 5.92 Å². The quantitative estimate of drug-likeness (QED) is 0.547. The van der Waals surface area contributed by atoms with Crippen molar-refractivity contribution in [3.63, 3.8) is 0 Å². The molecule has 0 fully saturated rings. The average molecular weight is 265 g/mol. The highest BCUT2D eigenvalue weighted by Gasteiger charge is 2.03. The summed E-state index contributed by atoms with van der Waals surface area (Å²) in [5, 5.41) is 8.23. The van der Waals surface area contributed by atoms with E-state index in [0.29, 0.717) is 0 Å². The Morgan fingerprint density at radius 3 is 2.63 bits per heavy atom. The van der Waals surface area contributed by atoms with Crippen molar-refractivity contribution < 1.29 is 0 Å². The summed E-state index contributed by atoms with van der Waals surface area (Å²) in [5.41, 5.74) is 1.31. The zero-order valence-electron chi connectivity index (χ0n) is 13.1. The summed E-state index contributed by atoms with van der Waals surface area (Å²) in [5.74, 6) is 0.899. The molecule has 1 unspecified atom stereocenters. The molecule has 3 heteroatoms. The SMILES string of the molecule is CCCCc1cnnn1CCCCCCC(C)CC. The van der Waals surface area contributed by atoms with Crippen LogP contribution in [0.3, 0.4) is 0 Å². The number of hydrogen-bond acceptors (Lipinski definition) is 2. The predicted molar refractivity (Wildman–Crippen MR) is 81.2 cm³/mol. The summed E-state index contributed by atoms with van der Waals surface area (Å²) in [4.78, 5) is 0. The van der Waals surface area contributed by atoms with Gasteiger partial charge in [0.25, 0.3) is 0 Å². The molecule has 1 atom stereocenters. The normalized spacial score (nSPS) is 12.8. The number of hydrogen-bond donors (Lipinski definition) is 0. The van der Waals surface area contributed by atoms with E-state index >= 15 is 0 Å². The van der Waals surface area contributed by atoms with Crippen molar-refractivity contribution in [2.75, 3.05) is 0 Å². The molecule has 0 amide bonds. The van der Waals surface area contributed by atoms with Crippen molar-refractivity contribution >= 4 is 0 Å². The topological polar surface area (TPSA) is 30.7 Å². The maximum Gasteiger partial charge on any atom is 0.0725 e. The van der Waals surface area contributed by atoms with Gasteiger partial charge in [-0.05, 0) is 25.2 Å². The van der Waals surface area contributed by atoms with E-state index in [1.54, 1.807) is 0 Å². The second-order valence-corrected chi connectivity index (χ2v) is 5.77. The van der Waals surface area contributed by atoms with Crippen molar-refractivity contribution in [2.45, 2.75) is 85.1 Å². The highest BCUT2D eigenvalue weighted by atomic mass is 15.4. The molecule has 110 valence electrons. The fourth-order valence-corrected chi connectivity index (χ4v) is 2.33. The van der Waals surface area contributed by atoms with Crippen molar-refractivity contribution in [3.05, 3.63) is 11.9 Å². The Balaban J connectivity index is 2.10. The lowest BCUT2D eigenvalue weighted by molar-refractivity contribution is 0.458. The Morgan fingerprint density at radius 2 is 1.89 bits per heavy atom. The first-order chi connectivity index (χ1) is 9.27. The summed E-state index contributed by atoms with van der Waals surface area (Å²) in [6.07, 6.45) is 13.5. The van der Waals surface area contributed by atoms with Gasteiger partial charge < -0.3 is 0 Å². The Hall–Kier alpha value is -0.860. The molecule has 1 aromatic heterocycles. The molecule has 0 aliphatic carbocycles. The first-order valence-corrected chi connectivity index (χ1v) is 8.15. The molecule has 1 rings (SSSR count). The molecule has 0 saturated heterocycles. The zero-order chi connectivity index (χ0) is 13.9. The number of rotatable bonds is 11. The second-order valence-electron chi connectivity index (χ2n) is 5.77. The van der Waals surface area contributed by atoms with Crippen LogP contribution >= 0.6 is 0 Å². The highest BCUT2D eigenvalue weighted by Crippen LogP contribution is 2.13. The molecular weight excluding hydrogens is 234 g/mol. The van der Waals surface area contributed by atoms with Crippen LogP contribution in [-0.4, -0.2) is 15.0 Å². The van der Waals surface area contributed by atoms with Crippen LogP contribution < -0.4 is 0 Å². The number of unbranched alkanes of at least 4 members (excludes halogenated alkanes) is 4. The smallest absolute Gasteiger partial charge is 0.0725 e. The van der Waals surface area contributed by atoms with E-state index in [1.807, 2.05) is 6.20 Å². The molecule has 19 heavy (non-hydrogen) atoms. The summed E-state index contributed by atoms with van der Waals surface area (Å²) in [7, 11) is 0. The zero-order valence-corrected chi connectivity index (χ0v) is 13.1. The minimum Gasteiger partial charge on any atom is -0.249 e. The van der Waals surface area contributed by atoms with Gasteiger partial charge in [0, 0.05) is 6.54 Å². The van der Waals surface area contributed by atoms with Gasteiger partial charge in [0.05, 0.1) is 11.9 Å². The van der Waals surface area contributed by atoms with E-state index in [1.165, 1.54) is 57.1 Å². The molecule has 0 aliphatic rings. The molecule has 1 heterocycles. The largest absolute Gasteiger partial charge is 0.249 e. The van der Waals surface area contributed by atoms with Gasteiger partial charge in [-0.3, -0.25) is 0 Å². The van der Waals surface area contributed by atoms with Crippen molar-refractivity contribution in [2.24, 2.45) is 5.92 Å². The third-order valence-corrected chi connectivity index (χ3v) is 4.00. The van der Waals surface area contributed by atoms with Gasteiger partial charge in [-0.25, -0.2) is 4.68 Å². The maximum absolute atomic E-state index is 4.20. The Labute approximate surface area is 118 Å². The molecule has 0 saturated carbocycles. The maximum atomic E-state index is 4.20.